The van der Waals surface area contributed by atoms with E-state index in [0.29, 0.717) is 17.1 Å². The smallest absolute Gasteiger partial charge is 0.271 e. The second kappa shape index (κ2) is 16.0. The molecule has 46 heavy (non-hydrogen) atoms. The summed E-state index contributed by atoms with van der Waals surface area (Å²) in [5.41, 5.74) is 1.07. The number of anilines is 1. The van der Waals surface area contributed by atoms with Gasteiger partial charge in [0, 0.05) is 36.7 Å². The number of hydrogen-bond acceptors (Lipinski definition) is 6. The van der Waals surface area contributed by atoms with Crippen molar-refractivity contribution < 1.29 is 22.9 Å². The van der Waals surface area contributed by atoms with Gasteiger partial charge in [0.15, 0.2) is 0 Å². The number of unbranched alkanes of at least 4 members (excludes halogenated alkanes) is 1. The maximum absolute atomic E-state index is 14.4. The number of amides is 2. The van der Waals surface area contributed by atoms with Gasteiger partial charge in [-0.25, -0.2) is 8.42 Å². The van der Waals surface area contributed by atoms with Crippen LogP contribution in [0.2, 0.25) is 5.02 Å². The van der Waals surface area contributed by atoms with Gasteiger partial charge in [-0.15, -0.1) is 0 Å². The molecule has 0 heterocycles. The fraction of sp³-hybridized carbons (Fsp3) is 0.235. The predicted molar refractivity (Wildman–Crippen MR) is 178 cm³/mol. The molecule has 12 heteroatoms. The lowest BCUT2D eigenvalue weighted by atomic mass is 10.0. The highest BCUT2D eigenvalue weighted by Crippen LogP contribution is 2.28. The van der Waals surface area contributed by atoms with Gasteiger partial charge >= 0.3 is 0 Å². The first-order valence-electron chi connectivity index (χ1n) is 14.8. The standard InChI is InChI=1S/C34H35ClN4O6S/c1-2-3-21-36-34(41)32(22-26-11-6-4-7-12-26)37(24-27-17-19-28(35)20-18-27)33(40)25-38(29-13-10-14-30(23-29)39(42)43)46(44,45)31-15-8-5-9-16-31/h4-20,23,32H,2-3,21-22,24-25H2,1H3,(H,36,41)/t32-/m1/s1. The SMILES string of the molecule is CCCCNC(=O)[C@@H](Cc1ccccc1)N(Cc1ccc(Cl)cc1)C(=O)CN(c1cccc([N+](=O)[O-])c1)S(=O)(=O)c1ccccc1. The number of benzene rings is 4. The van der Waals surface area contributed by atoms with Crippen molar-refractivity contribution in [2.45, 2.75) is 43.7 Å². The van der Waals surface area contributed by atoms with E-state index in [1.807, 2.05) is 37.3 Å². The van der Waals surface area contributed by atoms with Crippen LogP contribution in [0.15, 0.2) is 114 Å². The normalized spacial score (nSPS) is 11.8. The summed E-state index contributed by atoms with van der Waals surface area (Å²) in [4.78, 5) is 40.4. The van der Waals surface area contributed by atoms with Crippen molar-refractivity contribution in [3.05, 3.63) is 135 Å². The summed E-state index contributed by atoms with van der Waals surface area (Å²) in [5, 5.41) is 15.0. The van der Waals surface area contributed by atoms with Crippen LogP contribution in [-0.4, -0.2) is 49.2 Å². The number of halogens is 1. The molecule has 0 bridgehead atoms. The first kappa shape index (κ1) is 34.1. The van der Waals surface area contributed by atoms with E-state index in [2.05, 4.69) is 5.32 Å². The maximum Gasteiger partial charge on any atom is 0.271 e. The van der Waals surface area contributed by atoms with E-state index in [0.717, 1.165) is 28.8 Å². The third-order valence-electron chi connectivity index (χ3n) is 7.31. The molecule has 1 N–H and O–H groups in total. The Bertz CT molecular complexity index is 1740. The van der Waals surface area contributed by atoms with Gasteiger partial charge in [0.1, 0.15) is 12.6 Å². The molecule has 0 aliphatic heterocycles. The molecular formula is C34H35ClN4O6S. The van der Waals surface area contributed by atoms with E-state index >= 15 is 0 Å². The van der Waals surface area contributed by atoms with Crippen molar-refractivity contribution in [2.75, 3.05) is 17.4 Å². The van der Waals surface area contributed by atoms with Gasteiger partial charge in [0.25, 0.3) is 15.7 Å². The number of nitrogens with one attached hydrogen (secondary N) is 1. The minimum atomic E-state index is -4.38. The zero-order valence-corrected chi connectivity index (χ0v) is 26.9. The van der Waals surface area contributed by atoms with E-state index < -0.39 is 33.4 Å². The average molecular weight is 663 g/mol. The van der Waals surface area contributed by atoms with Gasteiger partial charge in [-0.3, -0.25) is 24.0 Å². The third-order valence-corrected chi connectivity index (χ3v) is 9.35. The number of non-ortho nitro benzene ring substituents is 1. The first-order chi connectivity index (χ1) is 22.1. The number of hydrogen-bond donors (Lipinski definition) is 1. The topological polar surface area (TPSA) is 130 Å². The zero-order valence-electron chi connectivity index (χ0n) is 25.3. The Morgan fingerprint density at radius 2 is 1.54 bits per heavy atom. The molecule has 4 rings (SSSR count). The van der Waals surface area contributed by atoms with E-state index in [4.69, 9.17) is 11.6 Å². The number of rotatable bonds is 15. The summed E-state index contributed by atoms with van der Waals surface area (Å²) < 4.78 is 28.9. The molecule has 1 atom stereocenters. The molecule has 10 nitrogen and oxygen atoms in total. The van der Waals surface area contributed by atoms with E-state index in [1.165, 1.54) is 35.2 Å². The van der Waals surface area contributed by atoms with Crippen LogP contribution in [0, 0.1) is 10.1 Å². The van der Waals surface area contributed by atoms with Crippen LogP contribution < -0.4 is 9.62 Å². The van der Waals surface area contributed by atoms with Crippen LogP contribution in [0.5, 0.6) is 0 Å². The third kappa shape index (κ3) is 8.92. The second-order valence-corrected chi connectivity index (χ2v) is 12.9. The average Bonchev–Trinajstić information content (AvgIpc) is 3.06. The van der Waals surface area contributed by atoms with Crippen LogP contribution in [0.25, 0.3) is 0 Å². The van der Waals surface area contributed by atoms with Gasteiger partial charge < -0.3 is 10.2 Å². The van der Waals surface area contributed by atoms with E-state index in [1.54, 1.807) is 42.5 Å². The lowest BCUT2D eigenvalue weighted by Gasteiger charge is -2.34. The minimum absolute atomic E-state index is 0.0249. The maximum atomic E-state index is 14.4. The molecule has 0 aliphatic carbocycles. The molecule has 0 unspecified atom stereocenters. The van der Waals surface area contributed by atoms with Crippen LogP contribution >= 0.6 is 11.6 Å². The molecule has 0 aromatic heterocycles. The summed E-state index contributed by atoms with van der Waals surface area (Å²) in [5.74, 6) is -1.06. The Morgan fingerprint density at radius 3 is 2.17 bits per heavy atom. The quantitative estimate of drug-likeness (QED) is 0.0944. The molecule has 240 valence electrons. The molecule has 2 amide bonds. The van der Waals surface area contributed by atoms with Crippen LogP contribution in [0.1, 0.15) is 30.9 Å². The Labute approximate surface area is 273 Å². The van der Waals surface area contributed by atoms with Crippen molar-refractivity contribution in [1.29, 1.82) is 0 Å². The number of carbonyl (C=O) groups excluding carboxylic acids is 2. The Kier molecular flexibility index (Phi) is 11.9. The number of carbonyl (C=O) groups is 2. The Hall–Kier alpha value is -4.74. The molecular weight excluding hydrogens is 628 g/mol. The molecule has 4 aromatic rings. The summed E-state index contributed by atoms with van der Waals surface area (Å²) in [6.07, 6.45) is 1.76. The van der Waals surface area contributed by atoms with Gasteiger partial charge in [-0.05, 0) is 47.9 Å². The minimum Gasteiger partial charge on any atom is -0.354 e. The number of nitrogens with zero attached hydrogens (tertiary/aromatic N) is 3. The molecule has 0 fully saturated rings. The van der Waals surface area contributed by atoms with E-state index in [9.17, 15) is 28.1 Å². The van der Waals surface area contributed by atoms with Gasteiger partial charge in [-0.1, -0.05) is 91.7 Å². The number of sulfonamides is 1. The first-order valence-corrected chi connectivity index (χ1v) is 16.6. The summed E-state index contributed by atoms with van der Waals surface area (Å²) >= 11 is 6.12. The molecule has 0 saturated carbocycles. The lowest BCUT2D eigenvalue weighted by Crippen LogP contribution is -2.53. The molecule has 0 aliphatic rings. The lowest BCUT2D eigenvalue weighted by molar-refractivity contribution is -0.384. The number of nitro groups is 1. The Balaban J connectivity index is 1.81. The summed E-state index contributed by atoms with van der Waals surface area (Å²) in [6.45, 7) is 1.66. The predicted octanol–water partition coefficient (Wildman–Crippen LogP) is 6.00. The van der Waals surface area contributed by atoms with E-state index in [-0.39, 0.29) is 35.1 Å². The van der Waals surface area contributed by atoms with Crippen molar-refractivity contribution in [3.8, 4) is 0 Å². The molecule has 0 spiro atoms. The van der Waals surface area contributed by atoms with Gasteiger partial charge in [0.05, 0.1) is 15.5 Å². The highest BCUT2D eigenvalue weighted by molar-refractivity contribution is 7.92. The van der Waals surface area contributed by atoms with Crippen LogP contribution in [0.3, 0.4) is 0 Å². The molecule has 0 saturated heterocycles. The van der Waals surface area contributed by atoms with Crippen molar-refractivity contribution in [3.63, 3.8) is 0 Å². The monoisotopic (exact) mass is 662 g/mol. The number of nitro benzene ring substituents is 1. The Morgan fingerprint density at radius 1 is 0.891 bits per heavy atom. The fourth-order valence-electron chi connectivity index (χ4n) is 4.86. The van der Waals surface area contributed by atoms with Crippen LogP contribution in [0.4, 0.5) is 11.4 Å². The summed E-state index contributed by atoms with van der Waals surface area (Å²) in [6, 6.07) is 27.6. The van der Waals surface area contributed by atoms with Crippen molar-refractivity contribution >= 4 is 44.8 Å². The van der Waals surface area contributed by atoms with Gasteiger partial charge in [0.2, 0.25) is 11.8 Å². The molecule has 4 aromatic carbocycles. The van der Waals surface area contributed by atoms with Crippen molar-refractivity contribution in [2.24, 2.45) is 0 Å². The molecule has 0 radical (unpaired) electrons. The zero-order chi connectivity index (χ0) is 33.1. The summed E-state index contributed by atoms with van der Waals surface area (Å²) in [7, 11) is -4.38. The van der Waals surface area contributed by atoms with Crippen molar-refractivity contribution in [1.82, 2.24) is 10.2 Å². The fourth-order valence-corrected chi connectivity index (χ4v) is 6.41. The van der Waals surface area contributed by atoms with Gasteiger partial charge in [-0.2, -0.15) is 0 Å². The highest BCUT2D eigenvalue weighted by Gasteiger charge is 2.35. The van der Waals surface area contributed by atoms with Crippen LogP contribution in [-0.2, 0) is 32.6 Å². The highest BCUT2D eigenvalue weighted by atomic mass is 35.5. The second-order valence-electron chi connectivity index (χ2n) is 10.6. The largest absolute Gasteiger partial charge is 0.354 e.